The highest BCUT2D eigenvalue weighted by atomic mass is 16.6. The van der Waals surface area contributed by atoms with E-state index in [1.165, 1.54) is 6.07 Å². The number of piperazine rings is 1. The lowest BCUT2D eigenvalue weighted by Gasteiger charge is -2.35. The van der Waals surface area contributed by atoms with Gasteiger partial charge in [0, 0.05) is 56.6 Å². The normalized spacial score (nSPS) is 15.2. The second kappa shape index (κ2) is 8.54. The van der Waals surface area contributed by atoms with Crippen molar-refractivity contribution < 1.29 is 18.9 Å². The van der Waals surface area contributed by atoms with Crippen molar-refractivity contribution in [1.82, 2.24) is 19.8 Å². The minimum absolute atomic E-state index is 0.0277. The summed E-state index contributed by atoms with van der Waals surface area (Å²) in [7, 11) is 0. The number of carbonyl (C=O) groups is 1. The Bertz CT molecular complexity index is 1110. The Hall–Kier alpha value is -3.53. The third-order valence-corrected chi connectivity index (χ3v) is 5.03. The number of carbonyl (C=O) groups excluding carboxylic acids is 1. The summed E-state index contributed by atoms with van der Waals surface area (Å²) in [6.07, 6.45) is 1.30. The van der Waals surface area contributed by atoms with Crippen LogP contribution in [0.5, 0.6) is 0 Å². The maximum absolute atomic E-state index is 12.3. The molecule has 4 rings (SSSR count). The molecule has 0 bridgehead atoms. The predicted octanol–water partition coefficient (Wildman–Crippen LogP) is 3.85. The third kappa shape index (κ3) is 5.02. The van der Waals surface area contributed by atoms with Gasteiger partial charge in [-0.2, -0.15) is 4.98 Å². The van der Waals surface area contributed by atoms with Crippen molar-refractivity contribution in [2.24, 2.45) is 0 Å². The van der Waals surface area contributed by atoms with Crippen molar-refractivity contribution in [2.75, 3.05) is 26.2 Å². The van der Waals surface area contributed by atoms with Crippen molar-refractivity contribution in [2.45, 2.75) is 32.9 Å². The number of non-ortho nitro benzene ring substituents is 1. The molecule has 0 N–H and O–H groups in total. The van der Waals surface area contributed by atoms with Gasteiger partial charge in [0.2, 0.25) is 5.89 Å². The average molecular weight is 439 g/mol. The molecule has 1 aromatic carbocycles. The van der Waals surface area contributed by atoms with Crippen LogP contribution < -0.4 is 0 Å². The van der Waals surface area contributed by atoms with Crippen LogP contribution in [0.25, 0.3) is 22.7 Å². The van der Waals surface area contributed by atoms with Gasteiger partial charge in [0.15, 0.2) is 11.2 Å². The Morgan fingerprint density at radius 2 is 1.97 bits per heavy atom. The molecular formula is C22H25N5O5. The van der Waals surface area contributed by atoms with E-state index in [1.54, 1.807) is 29.3 Å². The Labute approximate surface area is 184 Å². The number of fused-ring (bicyclic) bond motifs is 1. The van der Waals surface area contributed by atoms with Gasteiger partial charge >= 0.3 is 6.09 Å². The Morgan fingerprint density at radius 1 is 1.22 bits per heavy atom. The fourth-order valence-electron chi connectivity index (χ4n) is 3.56. The number of nitrogens with zero attached hydrogens (tertiary/aromatic N) is 5. The van der Waals surface area contributed by atoms with Crippen LogP contribution in [0.3, 0.4) is 0 Å². The first-order valence-corrected chi connectivity index (χ1v) is 10.4. The van der Waals surface area contributed by atoms with Crippen LogP contribution in [-0.4, -0.2) is 62.6 Å². The molecule has 1 amide bonds. The molecule has 0 unspecified atom stereocenters. The van der Waals surface area contributed by atoms with E-state index in [4.69, 9.17) is 9.15 Å². The zero-order chi connectivity index (χ0) is 22.9. The summed E-state index contributed by atoms with van der Waals surface area (Å²) in [6.45, 7) is 8.39. The molecule has 1 aliphatic rings. The molecule has 32 heavy (non-hydrogen) atoms. The predicted molar refractivity (Wildman–Crippen MR) is 117 cm³/mol. The number of nitro benzene ring substituents is 1. The van der Waals surface area contributed by atoms with Crippen molar-refractivity contribution in [1.29, 1.82) is 0 Å². The lowest BCUT2D eigenvalue weighted by Crippen LogP contribution is -2.49. The molecule has 10 nitrogen and oxygen atoms in total. The van der Waals surface area contributed by atoms with Gasteiger partial charge in [-0.3, -0.25) is 15.0 Å². The molecule has 1 aliphatic heterocycles. The molecule has 3 aromatic rings. The van der Waals surface area contributed by atoms with Gasteiger partial charge in [0.25, 0.3) is 5.69 Å². The van der Waals surface area contributed by atoms with Crippen LogP contribution in [-0.2, 0) is 11.3 Å². The van der Waals surface area contributed by atoms with E-state index >= 15 is 0 Å². The molecule has 1 fully saturated rings. The van der Waals surface area contributed by atoms with E-state index in [-0.39, 0.29) is 11.8 Å². The smallest absolute Gasteiger partial charge is 0.410 e. The molecule has 0 spiro atoms. The monoisotopic (exact) mass is 439 g/mol. The Balaban J connectivity index is 1.49. The summed E-state index contributed by atoms with van der Waals surface area (Å²) < 4.78 is 11.2. The molecule has 168 valence electrons. The Morgan fingerprint density at radius 3 is 2.62 bits per heavy atom. The van der Waals surface area contributed by atoms with Gasteiger partial charge in [-0.05, 0) is 44.5 Å². The zero-order valence-corrected chi connectivity index (χ0v) is 18.3. The molecule has 10 heteroatoms. The molecule has 0 atom stereocenters. The quantitative estimate of drug-likeness (QED) is 0.445. The van der Waals surface area contributed by atoms with E-state index in [0.717, 1.165) is 5.56 Å². The highest BCUT2D eigenvalue weighted by Crippen LogP contribution is 2.28. The van der Waals surface area contributed by atoms with Gasteiger partial charge in [-0.1, -0.05) is 0 Å². The van der Waals surface area contributed by atoms with E-state index in [2.05, 4.69) is 14.9 Å². The van der Waals surface area contributed by atoms with E-state index in [9.17, 15) is 14.9 Å². The van der Waals surface area contributed by atoms with Crippen LogP contribution in [0.2, 0.25) is 0 Å². The van der Waals surface area contributed by atoms with Crippen LogP contribution in [0.1, 0.15) is 26.3 Å². The number of pyridine rings is 1. The lowest BCUT2D eigenvalue weighted by molar-refractivity contribution is -0.384. The number of oxazole rings is 1. The van der Waals surface area contributed by atoms with Crippen LogP contribution in [0.15, 0.2) is 40.9 Å². The highest BCUT2D eigenvalue weighted by Gasteiger charge is 2.26. The number of hydrogen-bond donors (Lipinski definition) is 0. The van der Waals surface area contributed by atoms with Crippen LogP contribution in [0, 0.1) is 10.1 Å². The van der Waals surface area contributed by atoms with Gasteiger partial charge in [0.1, 0.15) is 5.60 Å². The number of nitro groups is 1. The molecule has 2 aromatic heterocycles. The van der Waals surface area contributed by atoms with Crippen molar-refractivity contribution in [3.63, 3.8) is 0 Å². The SMILES string of the molecule is CC(C)(C)OC(=O)N1CCN(Cc2cc(-c3nc4ncccc4o3)cc([N+](=O)[O-])c2)CC1. The van der Waals surface area contributed by atoms with Gasteiger partial charge in [-0.15, -0.1) is 0 Å². The number of aromatic nitrogens is 2. The van der Waals surface area contributed by atoms with E-state index in [1.807, 2.05) is 26.8 Å². The molecule has 0 radical (unpaired) electrons. The highest BCUT2D eigenvalue weighted by molar-refractivity contribution is 5.73. The first-order valence-electron chi connectivity index (χ1n) is 10.4. The largest absolute Gasteiger partial charge is 0.444 e. The summed E-state index contributed by atoms with van der Waals surface area (Å²) in [5.74, 6) is 0.290. The van der Waals surface area contributed by atoms with Crippen LogP contribution >= 0.6 is 0 Å². The summed E-state index contributed by atoms with van der Waals surface area (Å²) in [6, 6.07) is 8.35. The number of hydrogen-bond acceptors (Lipinski definition) is 8. The van der Waals surface area contributed by atoms with E-state index in [0.29, 0.717) is 55.4 Å². The molecule has 0 saturated carbocycles. The second-order valence-electron chi connectivity index (χ2n) is 8.73. The van der Waals surface area contributed by atoms with Crippen molar-refractivity contribution >= 4 is 23.0 Å². The topological polar surface area (TPSA) is 115 Å². The Kier molecular flexibility index (Phi) is 5.79. The van der Waals surface area contributed by atoms with Gasteiger partial charge < -0.3 is 14.1 Å². The molecule has 3 heterocycles. The van der Waals surface area contributed by atoms with Crippen LogP contribution in [0.4, 0.5) is 10.5 Å². The summed E-state index contributed by atoms with van der Waals surface area (Å²) >= 11 is 0. The summed E-state index contributed by atoms with van der Waals surface area (Å²) in [4.78, 5) is 35.7. The number of amides is 1. The second-order valence-corrected chi connectivity index (χ2v) is 8.73. The lowest BCUT2D eigenvalue weighted by atomic mass is 10.1. The fraction of sp³-hybridized carbons (Fsp3) is 0.409. The van der Waals surface area contributed by atoms with Gasteiger partial charge in [-0.25, -0.2) is 9.78 Å². The zero-order valence-electron chi connectivity index (χ0n) is 18.3. The maximum Gasteiger partial charge on any atom is 0.410 e. The molecule has 0 aliphatic carbocycles. The van der Waals surface area contributed by atoms with Gasteiger partial charge in [0.05, 0.1) is 4.92 Å². The summed E-state index contributed by atoms with van der Waals surface area (Å²) in [5.41, 5.74) is 1.71. The molecule has 1 saturated heterocycles. The standard InChI is InChI=1S/C22H25N5O5/c1-22(2,3)32-21(28)26-9-7-25(8-10-26)14-15-11-16(13-17(12-15)27(29)30)20-24-19-18(31-20)5-4-6-23-19/h4-6,11-13H,7-10,14H2,1-3H3. The van der Waals surface area contributed by atoms with E-state index < -0.39 is 10.5 Å². The average Bonchev–Trinajstić information content (AvgIpc) is 3.17. The third-order valence-electron chi connectivity index (χ3n) is 5.03. The van der Waals surface area contributed by atoms with Crippen molar-refractivity contribution in [3.05, 3.63) is 52.2 Å². The fourth-order valence-corrected chi connectivity index (χ4v) is 3.56. The molecular weight excluding hydrogens is 414 g/mol. The summed E-state index contributed by atoms with van der Waals surface area (Å²) in [5, 5.41) is 11.5. The first-order chi connectivity index (χ1) is 15.2. The van der Waals surface area contributed by atoms with Crippen molar-refractivity contribution in [3.8, 4) is 11.5 Å². The maximum atomic E-state index is 12.3. The number of rotatable bonds is 4. The minimum Gasteiger partial charge on any atom is -0.444 e. The number of ether oxygens (including phenoxy) is 1. The minimum atomic E-state index is -0.534. The first kappa shape index (κ1) is 21.7. The number of benzene rings is 1.